The standard InChI is InChI=1S/C10H21N.C10H12O.CH4/c1-2-3-4-5-6-7-8-9-10-11;1-9(7-8-11)10-5-3-2-4-6-10;/h2H,1,3-11H2;2-6,8-9H,7H2,1H3;1H4. The summed E-state index contributed by atoms with van der Waals surface area (Å²) >= 11 is 0. The first-order valence-corrected chi connectivity index (χ1v) is 8.55. The zero-order valence-corrected chi connectivity index (χ0v) is 14.2. The molecule has 2 heteroatoms. The van der Waals surface area contributed by atoms with E-state index in [1.165, 1.54) is 50.5 Å². The number of allylic oxidation sites excluding steroid dienone is 1. The summed E-state index contributed by atoms with van der Waals surface area (Å²) in [6.45, 7) is 6.60. The molecule has 23 heavy (non-hydrogen) atoms. The van der Waals surface area contributed by atoms with Crippen molar-refractivity contribution in [3.8, 4) is 0 Å². The quantitative estimate of drug-likeness (QED) is 0.314. The number of rotatable bonds is 11. The van der Waals surface area contributed by atoms with E-state index in [1.807, 2.05) is 36.4 Å². The molecule has 0 saturated carbocycles. The fourth-order valence-electron chi connectivity index (χ4n) is 2.20. The van der Waals surface area contributed by atoms with Gasteiger partial charge in [-0.3, -0.25) is 0 Å². The molecule has 0 bridgehead atoms. The normalized spacial score (nSPS) is 10.7. The minimum atomic E-state index is 0. The highest BCUT2D eigenvalue weighted by molar-refractivity contribution is 5.51. The van der Waals surface area contributed by atoms with Gasteiger partial charge in [0.25, 0.3) is 0 Å². The van der Waals surface area contributed by atoms with Crippen molar-refractivity contribution in [3.05, 3.63) is 48.6 Å². The average molecular weight is 320 g/mol. The highest BCUT2D eigenvalue weighted by Gasteiger charge is 2.01. The van der Waals surface area contributed by atoms with E-state index in [9.17, 15) is 4.79 Å². The minimum absolute atomic E-state index is 0. The van der Waals surface area contributed by atoms with Crippen molar-refractivity contribution >= 4 is 6.29 Å². The monoisotopic (exact) mass is 319 g/mol. The number of hydrogen-bond acceptors (Lipinski definition) is 2. The maximum absolute atomic E-state index is 10.2. The van der Waals surface area contributed by atoms with Crippen molar-refractivity contribution in [1.82, 2.24) is 0 Å². The molecule has 0 spiro atoms. The molecule has 1 aromatic rings. The van der Waals surface area contributed by atoms with Gasteiger partial charge >= 0.3 is 0 Å². The summed E-state index contributed by atoms with van der Waals surface area (Å²) in [4.78, 5) is 10.2. The Labute approximate surface area is 144 Å². The van der Waals surface area contributed by atoms with Crippen LogP contribution in [0.15, 0.2) is 43.0 Å². The lowest BCUT2D eigenvalue weighted by atomic mass is 9.99. The molecule has 0 aliphatic carbocycles. The summed E-state index contributed by atoms with van der Waals surface area (Å²) in [5, 5.41) is 0. The van der Waals surface area contributed by atoms with Crippen LogP contribution in [0.25, 0.3) is 0 Å². The van der Waals surface area contributed by atoms with Gasteiger partial charge in [-0.1, -0.05) is 76.4 Å². The first-order chi connectivity index (χ1) is 10.8. The Morgan fingerprint density at radius 3 is 2.13 bits per heavy atom. The zero-order chi connectivity index (χ0) is 16.5. The minimum Gasteiger partial charge on any atom is -0.330 e. The smallest absolute Gasteiger partial charge is 0.120 e. The van der Waals surface area contributed by atoms with Crippen LogP contribution in [-0.2, 0) is 4.79 Å². The van der Waals surface area contributed by atoms with E-state index in [0.29, 0.717) is 12.3 Å². The van der Waals surface area contributed by atoms with Gasteiger partial charge in [0.05, 0.1) is 0 Å². The largest absolute Gasteiger partial charge is 0.330 e. The average Bonchev–Trinajstić information content (AvgIpc) is 2.56. The van der Waals surface area contributed by atoms with E-state index in [-0.39, 0.29) is 7.43 Å². The Morgan fingerprint density at radius 1 is 1.04 bits per heavy atom. The number of aldehydes is 1. The van der Waals surface area contributed by atoms with Gasteiger partial charge in [0.15, 0.2) is 0 Å². The fourth-order valence-corrected chi connectivity index (χ4v) is 2.20. The highest BCUT2D eigenvalue weighted by atomic mass is 16.1. The Kier molecular flexibility index (Phi) is 19.3. The van der Waals surface area contributed by atoms with Crippen molar-refractivity contribution in [2.24, 2.45) is 5.73 Å². The van der Waals surface area contributed by atoms with Crippen LogP contribution in [0.5, 0.6) is 0 Å². The van der Waals surface area contributed by atoms with E-state index in [0.717, 1.165) is 12.8 Å². The Balaban J connectivity index is 0. The van der Waals surface area contributed by atoms with Gasteiger partial charge in [-0.05, 0) is 37.3 Å². The second-order valence-corrected chi connectivity index (χ2v) is 5.70. The summed E-state index contributed by atoms with van der Waals surface area (Å²) in [5.74, 6) is 0.355. The molecule has 2 nitrogen and oxygen atoms in total. The molecule has 0 saturated heterocycles. The first kappa shape index (κ1) is 23.9. The van der Waals surface area contributed by atoms with Crippen molar-refractivity contribution < 1.29 is 4.79 Å². The number of unbranched alkanes of at least 4 members (excludes halogenated alkanes) is 6. The summed E-state index contributed by atoms with van der Waals surface area (Å²) in [7, 11) is 0. The second-order valence-electron chi connectivity index (χ2n) is 5.70. The van der Waals surface area contributed by atoms with Crippen LogP contribution < -0.4 is 5.73 Å². The lowest BCUT2D eigenvalue weighted by molar-refractivity contribution is -0.108. The maximum Gasteiger partial charge on any atom is 0.120 e. The van der Waals surface area contributed by atoms with E-state index >= 15 is 0 Å². The molecule has 0 radical (unpaired) electrons. The van der Waals surface area contributed by atoms with Gasteiger partial charge in [0.1, 0.15) is 6.29 Å². The van der Waals surface area contributed by atoms with E-state index < -0.39 is 0 Å². The number of hydrogen-bond donors (Lipinski definition) is 1. The summed E-state index contributed by atoms with van der Waals surface area (Å²) in [5.41, 5.74) is 6.61. The first-order valence-electron chi connectivity index (χ1n) is 8.55. The van der Waals surface area contributed by atoms with E-state index in [1.54, 1.807) is 0 Å². The summed E-state index contributed by atoms with van der Waals surface area (Å²) in [6, 6.07) is 10.1. The molecule has 0 aliphatic heterocycles. The molecule has 0 aromatic heterocycles. The van der Waals surface area contributed by atoms with Gasteiger partial charge < -0.3 is 10.5 Å². The van der Waals surface area contributed by atoms with Crippen LogP contribution in [0, 0.1) is 0 Å². The van der Waals surface area contributed by atoms with Crippen LogP contribution in [-0.4, -0.2) is 12.8 Å². The Bertz CT molecular complexity index is 361. The van der Waals surface area contributed by atoms with Crippen LogP contribution >= 0.6 is 0 Å². The molecule has 0 fully saturated rings. The van der Waals surface area contributed by atoms with Crippen molar-refractivity contribution in [3.63, 3.8) is 0 Å². The molecule has 0 heterocycles. The van der Waals surface area contributed by atoms with E-state index in [4.69, 9.17) is 5.73 Å². The van der Waals surface area contributed by atoms with Crippen LogP contribution in [0.3, 0.4) is 0 Å². The lowest BCUT2D eigenvalue weighted by Gasteiger charge is -2.06. The molecule has 1 unspecified atom stereocenters. The molecule has 132 valence electrons. The van der Waals surface area contributed by atoms with Gasteiger partial charge in [-0.2, -0.15) is 0 Å². The van der Waals surface area contributed by atoms with Crippen LogP contribution in [0.4, 0.5) is 0 Å². The van der Waals surface area contributed by atoms with Crippen molar-refractivity contribution in [1.29, 1.82) is 0 Å². The SMILES string of the molecule is C.C=CCCCCCCCCN.CC(CC=O)c1ccccc1. The van der Waals surface area contributed by atoms with Crippen LogP contribution in [0.1, 0.15) is 77.2 Å². The third-order valence-corrected chi connectivity index (χ3v) is 3.68. The topological polar surface area (TPSA) is 43.1 Å². The molecular weight excluding hydrogens is 282 g/mol. The van der Waals surface area contributed by atoms with Gasteiger partial charge in [0.2, 0.25) is 0 Å². The molecular formula is C21H37NO. The fraction of sp³-hybridized carbons (Fsp3) is 0.571. The number of carbonyl (C=O) groups is 1. The summed E-state index contributed by atoms with van der Waals surface area (Å²) < 4.78 is 0. The van der Waals surface area contributed by atoms with Crippen molar-refractivity contribution in [2.45, 2.75) is 71.6 Å². The molecule has 0 amide bonds. The number of benzene rings is 1. The second kappa shape index (κ2) is 18.6. The number of nitrogens with two attached hydrogens (primary N) is 1. The third-order valence-electron chi connectivity index (χ3n) is 3.68. The maximum atomic E-state index is 10.2. The van der Waals surface area contributed by atoms with Gasteiger partial charge in [-0.15, -0.1) is 6.58 Å². The highest BCUT2D eigenvalue weighted by Crippen LogP contribution is 2.16. The molecule has 0 aliphatic rings. The molecule has 1 rings (SSSR count). The number of carbonyl (C=O) groups excluding carboxylic acids is 1. The Hall–Kier alpha value is -1.41. The predicted octanol–water partition coefficient (Wildman–Crippen LogP) is 5.88. The molecule has 1 atom stereocenters. The zero-order valence-electron chi connectivity index (χ0n) is 14.2. The molecule has 2 N–H and O–H groups in total. The predicted molar refractivity (Wildman–Crippen MR) is 104 cm³/mol. The van der Waals surface area contributed by atoms with Gasteiger partial charge in [0, 0.05) is 6.42 Å². The summed E-state index contributed by atoms with van der Waals surface area (Å²) in [6.07, 6.45) is 12.7. The van der Waals surface area contributed by atoms with Crippen LogP contribution in [0.2, 0.25) is 0 Å². The van der Waals surface area contributed by atoms with E-state index in [2.05, 4.69) is 13.5 Å². The lowest BCUT2D eigenvalue weighted by Crippen LogP contribution is -1.97. The Morgan fingerprint density at radius 2 is 1.61 bits per heavy atom. The third kappa shape index (κ3) is 15.3. The van der Waals surface area contributed by atoms with Crippen molar-refractivity contribution in [2.75, 3.05) is 6.54 Å². The van der Waals surface area contributed by atoms with Gasteiger partial charge in [-0.25, -0.2) is 0 Å². The molecule has 1 aromatic carbocycles.